The van der Waals surface area contributed by atoms with Crippen molar-refractivity contribution in [1.29, 1.82) is 0 Å². The summed E-state index contributed by atoms with van der Waals surface area (Å²) in [6.45, 7) is 5.09. The molecule has 0 spiro atoms. The van der Waals surface area contributed by atoms with Gasteiger partial charge < -0.3 is 5.73 Å². The molecule has 0 aromatic rings. The van der Waals surface area contributed by atoms with Crippen LogP contribution in [0.1, 0.15) is 32.1 Å². The summed E-state index contributed by atoms with van der Waals surface area (Å²) in [5, 5.41) is 0. The van der Waals surface area contributed by atoms with Gasteiger partial charge in [-0.05, 0) is 25.7 Å². The second-order valence-corrected chi connectivity index (χ2v) is 5.47. The van der Waals surface area contributed by atoms with Crippen LogP contribution in [0.3, 0.4) is 0 Å². The van der Waals surface area contributed by atoms with E-state index in [4.69, 9.17) is 5.73 Å². The molecule has 15 heavy (non-hydrogen) atoms. The van der Waals surface area contributed by atoms with Gasteiger partial charge in [0.15, 0.2) is 0 Å². The number of hydrogen-bond donors (Lipinski definition) is 1. The molecular formula is C12H23N3. The number of nitrogens with zero attached hydrogens (tertiary/aromatic N) is 2. The lowest BCUT2D eigenvalue weighted by Gasteiger charge is -2.39. The van der Waals surface area contributed by atoms with Gasteiger partial charge in [-0.15, -0.1) is 0 Å². The van der Waals surface area contributed by atoms with Gasteiger partial charge in [-0.25, -0.2) is 0 Å². The fourth-order valence-electron chi connectivity index (χ4n) is 3.30. The third kappa shape index (κ3) is 2.05. The largest absolute Gasteiger partial charge is 0.326 e. The first-order valence-electron chi connectivity index (χ1n) is 6.58. The van der Waals surface area contributed by atoms with Gasteiger partial charge in [0, 0.05) is 44.3 Å². The molecule has 86 valence electrons. The number of nitrogens with two attached hydrogens (primary N) is 1. The van der Waals surface area contributed by atoms with E-state index in [0.717, 1.165) is 6.04 Å². The van der Waals surface area contributed by atoms with Gasteiger partial charge in [0.25, 0.3) is 0 Å². The maximum atomic E-state index is 6.16. The summed E-state index contributed by atoms with van der Waals surface area (Å²) in [6.07, 6.45) is 6.82. The molecular weight excluding hydrogens is 186 g/mol. The van der Waals surface area contributed by atoms with Crippen molar-refractivity contribution in [2.75, 3.05) is 26.2 Å². The van der Waals surface area contributed by atoms with E-state index in [-0.39, 0.29) is 0 Å². The minimum atomic E-state index is 0.456. The van der Waals surface area contributed by atoms with Crippen LogP contribution < -0.4 is 5.73 Å². The zero-order valence-electron chi connectivity index (χ0n) is 9.57. The van der Waals surface area contributed by atoms with Crippen LogP contribution in [-0.4, -0.2) is 54.1 Å². The smallest absolute Gasteiger partial charge is 0.0248 e. The lowest BCUT2D eigenvalue weighted by molar-refractivity contribution is 0.0876. The van der Waals surface area contributed by atoms with E-state index >= 15 is 0 Å². The molecule has 2 aliphatic carbocycles. The molecule has 3 heteroatoms. The summed E-state index contributed by atoms with van der Waals surface area (Å²) >= 11 is 0. The lowest BCUT2D eigenvalue weighted by atomic mass is 10.1. The highest BCUT2D eigenvalue weighted by atomic mass is 15.3. The van der Waals surface area contributed by atoms with Crippen molar-refractivity contribution in [3.05, 3.63) is 0 Å². The second kappa shape index (κ2) is 4.04. The highest BCUT2D eigenvalue weighted by Crippen LogP contribution is 2.29. The van der Waals surface area contributed by atoms with Crippen LogP contribution >= 0.6 is 0 Å². The van der Waals surface area contributed by atoms with E-state index < -0.39 is 0 Å². The van der Waals surface area contributed by atoms with Crippen LogP contribution in [0.4, 0.5) is 0 Å². The van der Waals surface area contributed by atoms with Crippen molar-refractivity contribution < 1.29 is 0 Å². The molecule has 1 aliphatic heterocycles. The second-order valence-electron chi connectivity index (χ2n) is 5.47. The fourth-order valence-corrected chi connectivity index (χ4v) is 3.30. The van der Waals surface area contributed by atoms with Crippen LogP contribution in [0, 0.1) is 0 Å². The van der Waals surface area contributed by atoms with Gasteiger partial charge in [0.1, 0.15) is 0 Å². The highest BCUT2D eigenvalue weighted by molar-refractivity contribution is 4.93. The van der Waals surface area contributed by atoms with Crippen LogP contribution in [-0.2, 0) is 0 Å². The molecule has 3 aliphatic rings. The summed E-state index contributed by atoms with van der Waals surface area (Å²) in [6, 6.07) is 2.10. The molecule has 2 N–H and O–H groups in total. The third-order valence-corrected chi connectivity index (χ3v) is 4.41. The highest BCUT2D eigenvalue weighted by Gasteiger charge is 2.35. The van der Waals surface area contributed by atoms with Crippen molar-refractivity contribution in [3.8, 4) is 0 Å². The Balaban J connectivity index is 1.52. The van der Waals surface area contributed by atoms with E-state index in [2.05, 4.69) is 9.80 Å². The summed E-state index contributed by atoms with van der Waals surface area (Å²) in [5.74, 6) is 0. The molecule has 0 amide bonds. The van der Waals surface area contributed by atoms with Gasteiger partial charge in [-0.2, -0.15) is 0 Å². The molecule has 3 nitrogen and oxygen atoms in total. The maximum Gasteiger partial charge on any atom is 0.0248 e. The SMILES string of the molecule is NC1CCCC1N1CCN(C2CC2)CC1. The van der Waals surface area contributed by atoms with Gasteiger partial charge in [0.05, 0.1) is 0 Å². The number of hydrogen-bond acceptors (Lipinski definition) is 3. The van der Waals surface area contributed by atoms with Crippen LogP contribution in [0.15, 0.2) is 0 Å². The Kier molecular flexibility index (Phi) is 2.71. The summed E-state index contributed by atoms with van der Waals surface area (Å²) in [7, 11) is 0. The molecule has 2 saturated carbocycles. The zero-order chi connectivity index (χ0) is 10.3. The van der Waals surface area contributed by atoms with Crippen molar-refractivity contribution in [1.82, 2.24) is 9.80 Å². The summed E-state index contributed by atoms with van der Waals surface area (Å²) in [5.41, 5.74) is 6.16. The van der Waals surface area contributed by atoms with Crippen molar-refractivity contribution >= 4 is 0 Å². The summed E-state index contributed by atoms with van der Waals surface area (Å²) in [4.78, 5) is 5.33. The van der Waals surface area contributed by atoms with E-state index in [1.165, 1.54) is 58.3 Å². The van der Waals surface area contributed by atoms with Crippen LogP contribution in [0.25, 0.3) is 0 Å². The normalized spacial score (nSPS) is 39.8. The Hall–Kier alpha value is -0.120. The first kappa shape index (κ1) is 10.1. The average Bonchev–Trinajstić information content (AvgIpc) is 3.02. The van der Waals surface area contributed by atoms with Gasteiger partial charge >= 0.3 is 0 Å². The van der Waals surface area contributed by atoms with Crippen molar-refractivity contribution in [2.45, 2.75) is 50.2 Å². The molecule has 2 unspecified atom stereocenters. The summed E-state index contributed by atoms with van der Waals surface area (Å²) < 4.78 is 0. The molecule has 0 aromatic carbocycles. The van der Waals surface area contributed by atoms with Gasteiger partial charge in [-0.1, -0.05) is 6.42 Å². The topological polar surface area (TPSA) is 32.5 Å². The molecule has 0 bridgehead atoms. The zero-order valence-corrected chi connectivity index (χ0v) is 9.57. The molecule has 1 heterocycles. The third-order valence-electron chi connectivity index (χ3n) is 4.41. The molecule has 0 radical (unpaired) electrons. The predicted molar refractivity (Wildman–Crippen MR) is 61.8 cm³/mol. The first-order valence-corrected chi connectivity index (χ1v) is 6.58. The minimum Gasteiger partial charge on any atom is -0.326 e. The number of piperazine rings is 1. The average molecular weight is 209 g/mol. The van der Waals surface area contributed by atoms with Crippen molar-refractivity contribution in [3.63, 3.8) is 0 Å². The Bertz CT molecular complexity index is 219. The van der Waals surface area contributed by atoms with E-state index in [1.54, 1.807) is 0 Å². The quantitative estimate of drug-likeness (QED) is 0.724. The Labute approximate surface area is 92.6 Å². The van der Waals surface area contributed by atoms with Gasteiger partial charge in [-0.3, -0.25) is 9.80 Å². The predicted octanol–water partition coefficient (Wildman–Crippen LogP) is 0.646. The fraction of sp³-hybridized carbons (Fsp3) is 1.00. The van der Waals surface area contributed by atoms with Gasteiger partial charge in [0.2, 0.25) is 0 Å². The Morgan fingerprint density at radius 1 is 0.800 bits per heavy atom. The van der Waals surface area contributed by atoms with Crippen LogP contribution in [0.5, 0.6) is 0 Å². The van der Waals surface area contributed by atoms with E-state index in [1.807, 2.05) is 0 Å². The molecule has 3 rings (SSSR count). The molecule has 1 saturated heterocycles. The maximum absolute atomic E-state index is 6.16. The molecule has 2 atom stereocenters. The van der Waals surface area contributed by atoms with Crippen molar-refractivity contribution in [2.24, 2.45) is 5.73 Å². The Morgan fingerprint density at radius 3 is 2.00 bits per heavy atom. The Morgan fingerprint density at radius 2 is 1.47 bits per heavy atom. The van der Waals surface area contributed by atoms with E-state index in [9.17, 15) is 0 Å². The standard InChI is InChI=1S/C12H23N3/c13-11-2-1-3-12(11)15-8-6-14(7-9-15)10-4-5-10/h10-12H,1-9,13H2. The first-order chi connectivity index (χ1) is 7.34. The minimum absolute atomic E-state index is 0.456. The van der Waals surface area contributed by atoms with Crippen LogP contribution in [0.2, 0.25) is 0 Å². The lowest BCUT2D eigenvalue weighted by Crippen LogP contribution is -2.54. The monoisotopic (exact) mass is 209 g/mol. The molecule has 3 fully saturated rings. The van der Waals surface area contributed by atoms with E-state index in [0.29, 0.717) is 12.1 Å². The number of rotatable bonds is 2. The molecule has 0 aromatic heterocycles.